The molecular weight excluding hydrogens is 221 g/mol. The first-order valence-corrected chi connectivity index (χ1v) is 6.28. The molecule has 17 heavy (non-hydrogen) atoms. The lowest BCUT2D eigenvalue weighted by Crippen LogP contribution is -2.49. The standard InChI is InChI=1S/C10H20BN3O3/c15-10(7-13-8-3-4-12-6-8)14-5-1-2-9(14)11(16)17/h8-9,12-13,16-17H,1-7H2/t8?,9-/m1/s1. The van der Waals surface area contributed by atoms with Crippen LogP contribution in [0.25, 0.3) is 0 Å². The van der Waals surface area contributed by atoms with Gasteiger partial charge in [-0.25, -0.2) is 0 Å². The number of rotatable bonds is 4. The maximum Gasteiger partial charge on any atom is 0.475 e. The highest BCUT2D eigenvalue weighted by Gasteiger charge is 2.36. The largest absolute Gasteiger partial charge is 0.475 e. The van der Waals surface area contributed by atoms with Crippen LogP contribution < -0.4 is 10.6 Å². The fraction of sp³-hybridized carbons (Fsp3) is 0.900. The molecule has 2 heterocycles. The summed E-state index contributed by atoms with van der Waals surface area (Å²) in [6.45, 7) is 2.81. The van der Waals surface area contributed by atoms with E-state index < -0.39 is 13.1 Å². The molecule has 0 aromatic carbocycles. The Kier molecular flexibility index (Phi) is 4.39. The number of nitrogens with zero attached hydrogens (tertiary/aromatic N) is 1. The molecule has 2 aliphatic heterocycles. The average molecular weight is 241 g/mol. The second-order valence-corrected chi connectivity index (χ2v) is 4.78. The Hall–Kier alpha value is -0.625. The Balaban J connectivity index is 1.78. The van der Waals surface area contributed by atoms with Gasteiger partial charge < -0.3 is 25.6 Å². The summed E-state index contributed by atoms with van der Waals surface area (Å²) < 4.78 is 0. The molecule has 0 aliphatic carbocycles. The predicted octanol–water partition coefficient (Wildman–Crippen LogP) is -2.06. The second-order valence-electron chi connectivity index (χ2n) is 4.78. The summed E-state index contributed by atoms with van der Waals surface area (Å²) in [5.74, 6) is -0.460. The third-order valence-electron chi connectivity index (χ3n) is 3.57. The van der Waals surface area contributed by atoms with Gasteiger partial charge in [-0.1, -0.05) is 0 Å². The van der Waals surface area contributed by atoms with Gasteiger partial charge in [0.05, 0.1) is 12.5 Å². The van der Waals surface area contributed by atoms with Gasteiger partial charge in [-0.3, -0.25) is 4.79 Å². The van der Waals surface area contributed by atoms with E-state index in [-0.39, 0.29) is 12.5 Å². The van der Waals surface area contributed by atoms with Gasteiger partial charge >= 0.3 is 7.12 Å². The lowest BCUT2D eigenvalue weighted by atomic mass is 9.78. The zero-order valence-electron chi connectivity index (χ0n) is 9.93. The van der Waals surface area contributed by atoms with Gasteiger partial charge in [-0.2, -0.15) is 0 Å². The quantitative estimate of drug-likeness (QED) is 0.425. The van der Waals surface area contributed by atoms with Crippen molar-refractivity contribution in [2.24, 2.45) is 0 Å². The van der Waals surface area contributed by atoms with Crippen molar-refractivity contribution < 1.29 is 14.8 Å². The van der Waals surface area contributed by atoms with Crippen LogP contribution in [0, 0.1) is 0 Å². The third-order valence-corrected chi connectivity index (χ3v) is 3.57. The summed E-state index contributed by atoms with van der Waals surface area (Å²) in [6, 6.07) is 0.360. The Bertz CT molecular complexity index is 272. The number of carbonyl (C=O) groups is 1. The fourth-order valence-corrected chi connectivity index (χ4v) is 2.57. The monoisotopic (exact) mass is 241 g/mol. The van der Waals surface area contributed by atoms with Crippen LogP contribution in [0.5, 0.6) is 0 Å². The van der Waals surface area contributed by atoms with Crippen LogP contribution in [0.1, 0.15) is 19.3 Å². The highest BCUT2D eigenvalue weighted by atomic mass is 16.4. The number of likely N-dealkylation sites (tertiary alicyclic amines) is 1. The molecule has 0 aromatic rings. The molecule has 96 valence electrons. The van der Waals surface area contributed by atoms with E-state index in [2.05, 4.69) is 10.6 Å². The Labute approximate surface area is 102 Å². The smallest absolute Gasteiger partial charge is 0.426 e. The second kappa shape index (κ2) is 5.81. The molecule has 4 N–H and O–H groups in total. The lowest BCUT2D eigenvalue weighted by Gasteiger charge is -2.24. The van der Waals surface area contributed by atoms with Crippen molar-refractivity contribution in [1.82, 2.24) is 15.5 Å². The van der Waals surface area contributed by atoms with E-state index in [1.807, 2.05) is 0 Å². The molecule has 2 rings (SSSR count). The van der Waals surface area contributed by atoms with Crippen molar-refractivity contribution >= 4 is 13.0 Å². The average Bonchev–Trinajstić information content (AvgIpc) is 2.96. The van der Waals surface area contributed by atoms with E-state index in [4.69, 9.17) is 0 Å². The van der Waals surface area contributed by atoms with Gasteiger partial charge in [0.2, 0.25) is 5.91 Å². The van der Waals surface area contributed by atoms with Crippen LogP contribution in [-0.2, 0) is 4.79 Å². The first-order valence-electron chi connectivity index (χ1n) is 6.28. The minimum Gasteiger partial charge on any atom is -0.426 e. The first kappa shape index (κ1) is 12.8. The Morgan fingerprint density at radius 2 is 2.29 bits per heavy atom. The Morgan fingerprint density at radius 3 is 2.94 bits per heavy atom. The maximum absolute atomic E-state index is 11.9. The maximum atomic E-state index is 11.9. The summed E-state index contributed by atoms with van der Waals surface area (Å²) >= 11 is 0. The van der Waals surface area contributed by atoms with Crippen LogP contribution in [0.4, 0.5) is 0 Å². The number of nitrogens with one attached hydrogen (secondary N) is 2. The van der Waals surface area contributed by atoms with Crippen molar-refractivity contribution in [3.05, 3.63) is 0 Å². The summed E-state index contributed by atoms with van der Waals surface area (Å²) in [4.78, 5) is 13.5. The van der Waals surface area contributed by atoms with Crippen LogP contribution >= 0.6 is 0 Å². The number of carbonyl (C=O) groups excluding carboxylic acids is 1. The highest BCUT2D eigenvalue weighted by Crippen LogP contribution is 2.17. The summed E-state index contributed by atoms with van der Waals surface area (Å²) in [5, 5.41) is 24.8. The van der Waals surface area contributed by atoms with E-state index in [1.54, 1.807) is 4.90 Å². The van der Waals surface area contributed by atoms with Gasteiger partial charge in [0, 0.05) is 19.1 Å². The molecule has 7 heteroatoms. The molecule has 1 unspecified atom stereocenters. The lowest BCUT2D eigenvalue weighted by molar-refractivity contribution is -0.130. The third kappa shape index (κ3) is 3.19. The van der Waals surface area contributed by atoms with E-state index >= 15 is 0 Å². The number of hydrogen-bond acceptors (Lipinski definition) is 5. The zero-order chi connectivity index (χ0) is 12.3. The summed E-state index contributed by atoms with van der Waals surface area (Å²) in [6.07, 6.45) is 2.56. The van der Waals surface area contributed by atoms with Crippen molar-refractivity contribution in [3.63, 3.8) is 0 Å². The molecular formula is C10H20BN3O3. The van der Waals surface area contributed by atoms with Crippen molar-refractivity contribution in [3.8, 4) is 0 Å². The van der Waals surface area contributed by atoms with E-state index in [0.29, 0.717) is 19.0 Å². The SMILES string of the molecule is O=C(CNC1CCNC1)N1CCC[C@@H]1B(O)O. The molecule has 2 atom stereocenters. The zero-order valence-corrected chi connectivity index (χ0v) is 9.93. The fourth-order valence-electron chi connectivity index (χ4n) is 2.57. The molecule has 1 amide bonds. The molecule has 2 aliphatic rings. The molecule has 2 fully saturated rings. The van der Waals surface area contributed by atoms with Gasteiger partial charge in [0.1, 0.15) is 0 Å². The minimum absolute atomic E-state index is 0.0347. The van der Waals surface area contributed by atoms with E-state index in [0.717, 1.165) is 25.9 Å². The first-order chi connectivity index (χ1) is 8.18. The minimum atomic E-state index is -1.42. The molecule has 2 saturated heterocycles. The summed E-state index contributed by atoms with van der Waals surface area (Å²) in [5.41, 5.74) is 0. The molecule has 0 spiro atoms. The molecule has 0 bridgehead atoms. The van der Waals surface area contributed by atoms with E-state index in [1.165, 1.54) is 0 Å². The van der Waals surface area contributed by atoms with Gasteiger partial charge in [-0.05, 0) is 25.8 Å². The molecule has 0 aromatic heterocycles. The topological polar surface area (TPSA) is 84.8 Å². The van der Waals surface area contributed by atoms with Gasteiger partial charge in [0.15, 0.2) is 0 Å². The summed E-state index contributed by atoms with van der Waals surface area (Å²) in [7, 11) is -1.42. The van der Waals surface area contributed by atoms with Crippen LogP contribution in [-0.4, -0.2) is 66.1 Å². The van der Waals surface area contributed by atoms with Gasteiger partial charge in [0.25, 0.3) is 0 Å². The van der Waals surface area contributed by atoms with Crippen molar-refractivity contribution in [2.45, 2.75) is 31.2 Å². The van der Waals surface area contributed by atoms with Crippen molar-refractivity contribution in [1.29, 1.82) is 0 Å². The van der Waals surface area contributed by atoms with Crippen molar-refractivity contribution in [2.75, 3.05) is 26.2 Å². The van der Waals surface area contributed by atoms with Crippen LogP contribution in [0.3, 0.4) is 0 Å². The van der Waals surface area contributed by atoms with E-state index in [9.17, 15) is 14.8 Å². The van der Waals surface area contributed by atoms with Crippen LogP contribution in [0.15, 0.2) is 0 Å². The Morgan fingerprint density at radius 1 is 1.47 bits per heavy atom. The normalized spacial score (nSPS) is 28.7. The predicted molar refractivity (Wildman–Crippen MR) is 64.2 cm³/mol. The number of amides is 1. The van der Waals surface area contributed by atoms with Gasteiger partial charge in [-0.15, -0.1) is 0 Å². The molecule has 0 saturated carbocycles. The molecule has 6 nitrogen and oxygen atoms in total. The van der Waals surface area contributed by atoms with Crippen LogP contribution in [0.2, 0.25) is 0 Å². The number of hydrogen-bond donors (Lipinski definition) is 4. The molecule has 0 radical (unpaired) electrons. The highest BCUT2D eigenvalue weighted by molar-refractivity contribution is 6.43.